The summed E-state index contributed by atoms with van der Waals surface area (Å²) in [7, 11) is -3.98. The van der Waals surface area contributed by atoms with Gasteiger partial charge in [-0.1, -0.05) is 217 Å². The molecule has 2 heterocycles. The molecule has 4 atom stereocenters. The lowest BCUT2D eigenvalue weighted by Crippen LogP contribution is -2.72. The van der Waals surface area contributed by atoms with Crippen molar-refractivity contribution in [2.24, 2.45) is 0 Å². The molecular formula is C65H70N2O10Si2. The average molecular weight is 1100 g/mol. The van der Waals surface area contributed by atoms with Gasteiger partial charge in [0.25, 0.3) is 22.2 Å². The van der Waals surface area contributed by atoms with Crippen LogP contribution in [-0.4, -0.2) is 77.4 Å². The highest BCUT2D eigenvalue weighted by atomic mass is 28.4. The molecule has 9 rings (SSSR count). The van der Waals surface area contributed by atoms with E-state index in [9.17, 15) is 14.4 Å². The molecule has 0 bridgehead atoms. The molecule has 408 valence electrons. The third kappa shape index (κ3) is 10.8. The summed E-state index contributed by atoms with van der Waals surface area (Å²) in [4.78, 5) is 43.8. The van der Waals surface area contributed by atoms with Crippen LogP contribution in [0.2, 0.25) is 10.1 Å². The lowest BCUT2D eigenvalue weighted by atomic mass is 9.79. The summed E-state index contributed by atoms with van der Waals surface area (Å²) in [6.45, 7) is 13.9. The summed E-state index contributed by atoms with van der Waals surface area (Å²) in [6, 6.07) is 67.7. The summed E-state index contributed by atoms with van der Waals surface area (Å²) in [5.74, 6) is 0.644. The first kappa shape index (κ1) is 56.3. The van der Waals surface area contributed by atoms with Crippen molar-refractivity contribution in [3.63, 3.8) is 0 Å². The van der Waals surface area contributed by atoms with Crippen LogP contribution in [0.1, 0.15) is 71.4 Å². The largest absolute Gasteiger partial charge is 0.497 e. The third-order valence-corrected chi connectivity index (χ3v) is 25.3. The van der Waals surface area contributed by atoms with Gasteiger partial charge in [-0.05, 0) is 71.8 Å². The highest BCUT2D eigenvalue weighted by molar-refractivity contribution is 7.00. The molecule has 12 nitrogen and oxygen atoms in total. The second kappa shape index (κ2) is 23.1. The Labute approximate surface area is 465 Å². The predicted octanol–water partition coefficient (Wildman–Crippen LogP) is 9.28. The van der Waals surface area contributed by atoms with Crippen molar-refractivity contribution in [1.29, 1.82) is 0 Å². The first-order valence-electron chi connectivity index (χ1n) is 26.6. The molecule has 1 aliphatic heterocycles. The number of ether oxygens (including phenoxy) is 5. The van der Waals surface area contributed by atoms with Gasteiger partial charge >= 0.3 is 11.7 Å². The molecular weight excluding hydrogens is 1020 g/mol. The minimum absolute atomic E-state index is 0.217. The maximum Gasteiger partial charge on any atom is 0.330 e. The molecule has 0 saturated carbocycles. The Kier molecular flexibility index (Phi) is 16.5. The average Bonchev–Trinajstić information content (AvgIpc) is 3.73. The zero-order chi connectivity index (χ0) is 56.1. The van der Waals surface area contributed by atoms with Crippen molar-refractivity contribution in [3.05, 3.63) is 250 Å². The Morgan fingerprint density at radius 1 is 0.557 bits per heavy atom. The number of hydrogen-bond acceptors (Lipinski definition) is 10. The standard InChI is InChI=1S/C65H70N2O10Si2/c1-47(68)75-58-59(77-79(63(5,6)7,55-31-21-13-22-32-55)56-33-23-14-24-34-56)64(76-60(58)67-44-43-57(69)66-61(67)70,46-74-78(62(2,3)4,53-27-17-11-18-28-53)54-29-19-12-20-30-54)45-73-65(48-25-15-10-16-26-48,49-35-39-51(71-8)40-36-49)50-37-41-52(72-9)42-38-50/h10-44,58-60H,45-46H2,1-9H3,(H,66,69,70). The van der Waals surface area contributed by atoms with Gasteiger partial charge in [0.15, 0.2) is 12.3 Å². The fourth-order valence-electron chi connectivity index (χ4n) is 11.6. The Hall–Kier alpha value is -7.44. The lowest BCUT2D eigenvalue weighted by molar-refractivity contribution is -0.173. The van der Waals surface area contributed by atoms with Crippen LogP contribution in [0, 0.1) is 0 Å². The van der Waals surface area contributed by atoms with Gasteiger partial charge in [-0.25, -0.2) is 4.79 Å². The number of carbonyl (C=O) groups is 1. The first-order chi connectivity index (χ1) is 37.9. The van der Waals surface area contributed by atoms with Crippen LogP contribution >= 0.6 is 0 Å². The number of methoxy groups -OCH3 is 2. The van der Waals surface area contributed by atoms with Gasteiger partial charge in [0.2, 0.25) is 0 Å². The van der Waals surface area contributed by atoms with Crippen molar-refractivity contribution in [1.82, 2.24) is 9.55 Å². The highest BCUT2D eigenvalue weighted by Gasteiger charge is 2.65. The van der Waals surface area contributed by atoms with Crippen molar-refractivity contribution in [2.75, 3.05) is 27.4 Å². The zero-order valence-electron chi connectivity index (χ0n) is 46.4. The normalized spacial score (nSPS) is 18.0. The van der Waals surface area contributed by atoms with Crippen LogP contribution in [0.4, 0.5) is 0 Å². The van der Waals surface area contributed by atoms with Crippen LogP contribution in [0.25, 0.3) is 0 Å². The molecule has 1 fully saturated rings. The van der Waals surface area contributed by atoms with Gasteiger partial charge in [0, 0.05) is 19.2 Å². The lowest BCUT2D eigenvalue weighted by Gasteiger charge is -2.50. The Balaban J connectivity index is 1.40. The highest BCUT2D eigenvalue weighted by Crippen LogP contribution is 2.50. The minimum atomic E-state index is -3.72. The molecule has 7 aromatic carbocycles. The van der Waals surface area contributed by atoms with Crippen molar-refractivity contribution < 1.29 is 37.3 Å². The number of aromatic amines is 1. The number of benzene rings is 7. The number of rotatable bonds is 19. The van der Waals surface area contributed by atoms with E-state index in [4.69, 9.17) is 32.5 Å². The van der Waals surface area contributed by atoms with E-state index >= 15 is 0 Å². The van der Waals surface area contributed by atoms with Gasteiger partial charge in [-0.2, -0.15) is 0 Å². The summed E-state index contributed by atoms with van der Waals surface area (Å²) in [5, 5.41) is 2.74. The molecule has 1 saturated heterocycles. The van der Waals surface area contributed by atoms with Crippen LogP contribution in [0.5, 0.6) is 11.5 Å². The molecule has 14 heteroatoms. The molecule has 0 radical (unpaired) electrons. The van der Waals surface area contributed by atoms with Gasteiger partial charge in [0.05, 0.1) is 27.4 Å². The second-order valence-electron chi connectivity index (χ2n) is 22.1. The first-order valence-corrected chi connectivity index (χ1v) is 30.4. The summed E-state index contributed by atoms with van der Waals surface area (Å²) >= 11 is 0. The van der Waals surface area contributed by atoms with Crippen molar-refractivity contribution >= 4 is 43.4 Å². The summed E-state index contributed by atoms with van der Waals surface area (Å²) in [6.07, 6.45) is -2.67. The van der Waals surface area contributed by atoms with E-state index in [2.05, 4.69) is 95.1 Å². The van der Waals surface area contributed by atoms with Crippen LogP contribution in [0.15, 0.2) is 222 Å². The maximum atomic E-state index is 14.4. The van der Waals surface area contributed by atoms with E-state index in [1.807, 2.05) is 152 Å². The van der Waals surface area contributed by atoms with Gasteiger partial charge in [0.1, 0.15) is 28.8 Å². The predicted molar refractivity (Wildman–Crippen MR) is 314 cm³/mol. The van der Waals surface area contributed by atoms with Crippen LogP contribution in [0.3, 0.4) is 0 Å². The second-order valence-corrected chi connectivity index (χ2v) is 30.7. The molecule has 1 aromatic heterocycles. The van der Waals surface area contributed by atoms with Crippen LogP contribution in [-0.2, 0) is 33.5 Å². The number of nitrogens with zero attached hydrogens (tertiary/aromatic N) is 1. The quantitative estimate of drug-likeness (QED) is 0.0474. The third-order valence-electron chi connectivity index (χ3n) is 15.3. The van der Waals surface area contributed by atoms with E-state index in [0.717, 1.165) is 37.4 Å². The van der Waals surface area contributed by atoms with Crippen molar-refractivity contribution in [3.8, 4) is 11.5 Å². The molecule has 0 aliphatic carbocycles. The molecule has 79 heavy (non-hydrogen) atoms. The van der Waals surface area contributed by atoms with Gasteiger partial charge in [-0.15, -0.1) is 0 Å². The molecule has 1 N–H and O–H groups in total. The number of carbonyl (C=O) groups excluding carboxylic acids is 1. The maximum absolute atomic E-state index is 14.4. The number of hydrogen-bond donors (Lipinski definition) is 1. The van der Waals surface area contributed by atoms with Crippen LogP contribution < -0.4 is 41.5 Å². The van der Waals surface area contributed by atoms with E-state index in [0.29, 0.717) is 11.5 Å². The molecule has 1 aliphatic rings. The molecule has 0 spiro atoms. The Bertz CT molecular complexity index is 3280. The topological polar surface area (TPSA) is 137 Å². The summed E-state index contributed by atoms with van der Waals surface area (Å²) < 4.78 is 51.5. The summed E-state index contributed by atoms with van der Waals surface area (Å²) in [5.41, 5.74) is -2.32. The van der Waals surface area contributed by atoms with Gasteiger partial charge in [-0.3, -0.25) is 19.1 Å². The number of H-pyrrole nitrogens is 1. The SMILES string of the molecule is COc1ccc(C(OCC2(CO[Si](c3ccccc3)(c3ccccc3)C(C)(C)C)OC(n3ccc(=O)[nH]c3=O)C(OC(C)=O)C2O[Si](c2ccccc2)(c2ccccc2)C(C)(C)C)(c2ccccc2)c2ccc(OC)cc2)cc1. The minimum Gasteiger partial charge on any atom is -0.497 e. The number of nitrogens with one attached hydrogen (secondary N) is 1. The number of aromatic nitrogens is 2. The van der Waals surface area contributed by atoms with E-state index in [-0.39, 0.29) is 13.2 Å². The fraction of sp³-hybridized carbons (Fsp3) is 0.277. The van der Waals surface area contributed by atoms with Gasteiger partial charge < -0.3 is 32.5 Å². The monoisotopic (exact) mass is 1090 g/mol. The van der Waals surface area contributed by atoms with Crippen molar-refractivity contribution in [2.45, 2.75) is 88.2 Å². The number of esters is 1. The molecule has 4 unspecified atom stereocenters. The zero-order valence-corrected chi connectivity index (χ0v) is 48.4. The van der Waals surface area contributed by atoms with E-state index in [1.165, 1.54) is 23.8 Å². The van der Waals surface area contributed by atoms with E-state index < -0.39 is 73.6 Å². The van der Waals surface area contributed by atoms with E-state index in [1.54, 1.807) is 14.2 Å². The molecule has 8 aromatic rings. The fourth-order valence-corrected chi connectivity index (χ4v) is 21.0. The smallest absolute Gasteiger partial charge is 0.330 e. The molecule has 0 amide bonds. The Morgan fingerprint density at radius 3 is 1.35 bits per heavy atom. The Morgan fingerprint density at radius 2 is 0.962 bits per heavy atom.